The standard InChI is InChI=1S/C8H8F3NO5S2/c1-6-2-4-7(5-3-6)18(13,14)12-17-19(15,16)8(9,10)11/h2-5,12H,1H3. The second kappa shape index (κ2) is 5.07. The van der Waals surface area contributed by atoms with Crippen LogP contribution in [0.25, 0.3) is 0 Å². The highest BCUT2D eigenvalue weighted by Gasteiger charge is 2.48. The molecule has 108 valence electrons. The Labute approximate surface area is 107 Å². The Bertz CT molecular complexity index is 649. The molecule has 0 unspecified atom stereocenters. The molecule has 0 aliphatic rings. The number of alkyl halides is 3. The van der Waals surface area contributed by atoms with Gasteiger partial charge >= 0.3 is 15.6 Å². The Morgan fingerprint density at radius 2 is 1.53 bits per heavy atom. The first-order valence-corrected chi connectivity index (χ1v) is 7.43. The van der Waals surface area contributed by atoms with Gasteiger partial charge in [0, 0.05) is 0 Å². The summed E-state index contributed by atoms with van der Waals surface area (Å²) in [5.74, 6) is 0. The molecule has 0 atom stereocenters. The van der Waals surface area contributed by atoms with E-state index in [1.807, 2.05) is 0 Å². The summed E-state index contributed by atoms with van der Waals surface area (Å²) in [6.07, 6.45) is 0. The molecule has 19 heavy (non-hydrogen) atoms. The van der Waals surface area contributed by atoms with Crippen LogP contribution in [0.15, 0.2) is 29.2 Å². The molecule has 0 spiro atoms. The van der Waals surface area contributed by atoms with Crippen LogP contribution < -0.4 is 4.89 Å². The molecule has 0 fully saturated rings. The van der Waals surface area contributed by atoms with Crippen LogP contribution in [0, 0.1) is 6.92 Å². The van der Waals surface area contributed by atoms with E-state index in [0.717, 1.165) is 17.0 Å². The Hall–Kier alpha value is -1.17. The number of hydrogen-bond donors (Lipinski definition) is 1. The van der Waals surface area contributed by atoms with Crippen LogP contribution in [-0.2, 0) is 24.4 Å². The van der Waals surface area contributed by atoms with Gasteiger partial charge in [0.2, 0.25) is 0 Å². The lowest BCUT2D eigenvalue weighted by molar-refractivity contribution is -0.0558. The topological polar surface area (TPSA) is 89.5 Å². The largest absolute Gasteiger partial charge is 0.524 e. The summed E-state index contributed by atoms with van der Waals surface area (Å²) in [4.78, 5) is 0.471. The Kier molecular flexibility index (Phi) is 4.24. The summed E-state index contributed by atoms with van der Waals surface area (Å²) in [6, 6.07) is 4.93. The lowest BCUT2D eigenvalue weighted by Crippen LogP contribution is -2.34. The van der Waals surface area contributed by atoms with E-state index in [1.54, 1.807) is 6.92 Å². The van der Waals surface area contributed by atoms with Crippen molar-refractivity contribution in [2.45, 2.75) is 17.3 Å². The molecule has 6 nitrogen and oxygen atoms in total. The Morgan fingerprint density at radius 1 is 1.05 bits per heavy atom. The third-order valence-electron chi connectivity index (χ3n) is 1.87. The molecule has 1 aromatic rings. The minimum atomic E-state index is -6.04. The first-order valence-electron chi connectivity index (χ1n) is 4.54. The van der Waals surface area contributed by atoms with Crippen LogP contribution in [0.5, 0.6) is 0 Å². The minimum absolute atomic E-state index is 0.435. The van der Waals surface area contributed by atoms with Crippen molar-refractivity contribution < 1.29 is 34.3 Å². The fraction of sp³-hybridized carbons (Fsp3) is 0.250. The van der Waals surface area contributed by atoms with E-state index in [1.165, 1.54) is 12.1 Å². The summed E-state index contributed by atoms with van der Waals surface area (Å²) in [5.41, 5.74) is -5.01. The lowest BCUT2D eigenvalue weighted by atomic mass is 10.2. The second-order valence-corrected chi connectivity index (χ2v) is 6.57. The molecule has 0 aromatic heterocycles. The van der Waals surface area contributed by atoms with Gasteiger partial charge in [-0.1, -0.05) is 22.6 Å². The third kappa shape index (κ3) is 3.89. The monoisotopic (exact) mass is 319 g/mol. The molecule has 1 N–H and O–H groups in total. The summed E-state index contributed by atoms with van der Waals surface area (Å²) >= 11 is 0. The van der Waals surface area contributed by atoms with Crippen LogP contribution in [-0.4, -0.2) is 22.3 Å². The molecule has 0 aliphatic heterocycles. The van der Waals surface area contributed by atoms with E-state index < -0.39 is 30.5 Å². The van der Waals surface area contributed by atoms with E-state index in [9.17, 15) is 30.0 Å². The van der Waals surface area contributed by atoms with Crippen molar-refractivity contribution in [3.05, 3.63) is 29.8 Å². The van der Waals surface area contributed by atoms with E-state index in [2.05, 4.69) is 4.28 Å². The van der Waals surface area contributed by atoms with E-state index in [-0.39, 0.29) is 0 Å². The van der Waals surface area contributed by atoms with Gasteiger partial charge in [-0.2, -0.15) is 25.9 Å². The molecule has 0 saturated carbocycles. The molecule has 0 radical (unpaired) electrons. The highest BCUT2D eigenvalue weighted by Crippen LogP contribution is 2.24. The zero-order valence-electron chi connectivity index (χ0n) is 9.30. The molecule has 0 saturated heterocycles. The normalized spacial score (nSPS) is 13.5. The van der Waals surface area contributed by atoms with Gasteiger partial charge in [0.25, 0.3) is 10.0 Å². The van der Waals surface area contributed by atoms with Gasteiger partial charge in [0.15, 0.2) is 0 Å². The quantitative estimate of drug-likeness (QED) is 0.662. The molecular weight excluding hydrogens is 311 g/mol. The van der Waals surface area contributed by atoms with Crippen LogP contribution in [0.4, 0.5) is 13.2 Å². The number of rotatable bonds is 4. The fourth-order valence-corrected chi connectivity index (χ4v) is 2.30. The maximum atomic E-state index is 11.9. The van der Waals surface area contributed by atoms with Crippen molar-refractivity contribution in [1.82, 2.24) is 4.89 Å². The van der Waals surface area contributed by atoms with Crippen LogP contribution in [0.3, 0.4) is 0 Å². The smallest absolute Gasteiger partial charge is 0.205 e. The van der Waals surface area contributed by atoms with Crippen molar-refractivity contribution >= 4 is 20.1 Å². The summed E-state index contributed by atoms with van der Waals surface area (Å²) < 4.78 is 82.9. The highest BCUT2D eigenvalue weighted by molar-refractivity contribution is 7.91. The average molecular weight is 319 g/mol. The number of benzene rings is 1. The molecule has 0 bridgehead atoms. The maximum absolute atomic E-state index is 11.9. The van der Waals surface area contributed by atoms with Crippen LogP contribution in [0.1, 0.15) is 5.56 Å². The zero-order valence-corrected chi connectivity index (χ0v) is 10.9. The number of sulfonamides is 1. The zero-order chi connectivity index (χ0) is 14.9. The van der Waals surface area contributed by atoms with Gasteiger partial charge in [-0.05, 0) is 19.1 Å². The van der Waals surface area contributed by atoms with E-state index in [4.69, 9.17) is 0 Å². The fourth-order valence-electron chi connectivity index (χ4n) is 0.902. The maximum Gasteiger partial charge on any atom is 0.524 e. The summed E-state index contributed by atoms with van der Waals surface area (Å²) in [5, 5.41) is 0. The average Bonchev–Trinajstić information content (AvgIpc) is 2.26. The molecule has 0 amide bonds. The number of halogens is 3. The van der Waals surface area contributed by atoms with Gasteiger partial charge in [0.05, 0.1) is 4.90 Å². The molecule has 0 aliphatic carbocycles. The molecule has 1 aromatic carbocycles. The first kappa shape index (κ1) is 15.9. The number of hydrogen-bond acceptors (Lipinski definition) is 5. The predicted octanol–water partition coefficient (Wildman–Crippen LogP) is 1.05. The van der Waals surface area contributed by atoms with Crippen molar-refractivity contribution in [1.29, 1.82) is 0 Å². The van der Waals surface area contributed by atoms with Crippen LogP contribution in [0.2, 0.25) is 0 Å². The molecule has 11 heteroatoms. The van der Waals surface area contributed by atoms with Crippen molar-refractivity contribution in [3.8, 4) is 0 Å². The van der Waals surface area contributed by atoms with Crippen molar-refractivity contribution in [2.24, 2.45) is 0 Å². The lowest BCUT2D eigenvalue weighted by Gasteiger charge is -2.09. The Morgan fingerprint density at radius 3 is 1.95 bits per heavy atom. The highest BCUT2D eigenvalue weighted by atomic mass is 32.2. The van der Waals surface area contributed by atoms with E-state index in [0.29, 0.717) is 5.56 Å². The predicted molar refractivity (Wildman–Crippen MR) is 57.6 cm³/mol. The molecule has 1 rings (SSSR count). The Balaban J connectivity index is 2.92. The summed E-state index contributed by atoms with van der Waals surface area (Å²) in [6.45, 7) is 1.66. The van der Waals surface area contributed by atoms with Crippen LogP contribution >= 0.6 is 0 Å². The molecular formula is C8H8F3NO5S2. The third-order valence-corrected chi connectivity index (χ3v) is 4.04. The van der Waals surface area contributed by atoms with Crippen molar-refractivity contribution in [3.63, 3.8) is 0 Å². The number of aryl methyl sites for hydroxylation is 1. The van der Waals surface area contributed by atoms with Gasteiger partial charge in [0.1, 0.15) is 0 Å². The molecule has 0 heterocycles. The number of nitrogens with one attached hydrogen (secondary N) is 1. The van der Waals surface area contributed by atoms with Gasteiger partial charge < -0.3 is 0 Å². The summed E-state index contributed by atoms with van der Waals surface area (Å²) in [7, 11) is -10.6. The van der Waals surface area contributed by atoms with Gasteiger partial charge in [-0.25, -0.2) is 8.42 Å². The van der Waals surface area contributed by atoms with E-state index >= 15 is 0 Å². The second-order valence-electron chi connectivity index (χ2n) is 3.38. The minimum Gasteiger partial charge on any atom is -0.205 e. The van der Waals surface area contributed by atoms with Gasteiger partial charge in [-0.3, -0.25) is 0 Å². The van der Waals surface area contributed by atoms with Gasteiger partial charge in [-0.15, -0.1) is 0 Å². The first-order chi connectivity index (χ1) is 8.46. The van der Waals surface area contributed by atoms with Crippen molar-refractivity contribution in [2.75, 3.05) is 0 Å². The SMILES string of the molecule is Cc1ccc(S(=O)(=O)NOS(=O)(=O)C(F)(F)F)cc1.